The molecule has 8 heteroatoms. The summed E-state index contributed by atoms with van der Waals surface area (Å²) in [6.45, 7) is 2.88. The lowest BCUT2D eigenvalue weighted by atomic mass is 9.88. The third-order valence-electron chi connectivity index (χ3n) is 2.92. The Kier molecular flexibility index (Phi) is 2.27. The summed E-state index contributed by atoms with van der Waals surface area (Å²) in [7, 11) is 0. The topological polar surface area (TPSA) is 112 Å². The Morgan fingerprint density at radius 2 is 1.59 bits per heavy atom. The van der Waals surface area contributed by atoms with E-state index in [2.05, 4.69) is 14.2 Å². The van der Waals surface area contributed by atoms with Crippen LogP contribution in [0.4, 0.5) is 9.59 Å². The number of hydrogen-bond acceptors (Lipinski definition) is 8. The summed E-state index contributed by atoms with van der Waals surface area (Å²) in [5.41, 5.74) is -2.04. The van der Waals surface area contributed by atoms with Gasteiger partial charge in [0.2, 0.25) is 0 Å². The average molecular weight is 248 g/mol. The second-order valence-corrected chi connectivity index (χ2v) is 4.06. The van der Waals surface area contributed by atoms with Crippen molar-refractivity contribution in [1.29, 1.82) is 0 Å². The van der Waals surface area contributed by atoms with E-state index in [1.807, 2.05) is 0 Å². The van der Waals surface area contributed by atoms with Gasteiger partial charge in [-0.3, -0.25) is 0 Å². The summed E-state index contributed by atoms with van der Waals surface area (Å²) >= 11 is 0. The largest absolute Gasteiger partial charge is 0.518 e. The molecule has 2 saturated heterocycles. The van der Waals surface area contributed by atoms with Crippen LogP contribution in [0, 0.1) is 0 Å². The number of carbonyl (C=O) groups excluding carboxylic acids is 2. The maximum Gasteiger partial charge on any atom is 0.518 e. The number of ether oxygens (including phenoxy) is 4. The van der Waals surface area contributed by atoms with E-state index in [1.54, 1.807) is 6.92 Å². The molecule has 0 aliphatic carbocycles. The van der Waals surface area contributed by atoms with Gasteiger partial charge < -0.3 is 29.2 Å². The highest BCUT2D eigenvalue weighted by atomic mass is 17.0. The molecule has 2 N–H and O–H groups in total. The van der Waals surface area contributed by atoms with Crippen molar-refractivity contribution in [2.75, 3.05) is 0 Å². The molecule has 8 nitrogen and oxygen atoms in total. The van der Waals surface area contributed by atoms with E-state index in [1.165, 1.54) is 0 Å². The maximum absolute atomic E-state index is 11.1. The zero-order chi connectivity index (χ0) is 12.9. The molecule has 0 aromatic rings. The molecule has 0 amide bonds. The molecule has 2 heterocycles. The SMILES string of the molecule is CCCC1(O)OC(=O)OC1(C)C1(O)OC(=O)O1. The zero-order valence-electron chi connectivity index (χ0n) is 9.26. The maximum atomic E-state index is 11.1. The van der Waals surface area contributed by atoms with Crippen LogP contribution < -0.4 is 0 Å². The van der Waals surface area contributed by atoms with Gasteiger partial charge in [0.15, 0.2) is 0 Å². The number of rotatable bonds is 3. The van der Waals surface area contributed by atoms with E-state index < -0.39 is 29.7 Å². The van der Waals surface area contributed by atoms with Gasteiger partial charge >= 0.3 is 18.3 Å². The molecule has 2 rings (SSSR count). The molecule has 2 aliphatic rings. The Hall–Kier alpha value is -1.54. The summed E-state index contributed by atoms with van der Waals surface area (Å²) in [5.74, 6) is -4.67. The van der Waals surface area contributed by atoms with Crippen molar-refractivity contribution in [3.8, 4) is 0 Å². The van der Waals surface area contributed by atoms with Crippen molar-refractivity contribution in [3.05, 3.63) is 0 Å². The van der Waals surface area contributed by atoms with Crippen LogP contribution in [0.1, 0.15) is 26.7 Å². The van der Waals surface area contributed by atoms with Crippen molar-refractivity contribution in [2.24, 2.45) is 0 Å². The van der Waals surface area contributed by atoms with Crippen LogP contribution in [0.2, 0.25) is 0 Å². The monoisotopic (exact) mass is 248 g/mol. The van der Waals surface area contributed by atoms with Gasteiger partial charge in [-0.2, -0.15) is 0 Å². The first-order chi connectivity index (χ1) is 7.76. The van der Waals surface area contributed by atoms with Crippen LogP contribution in [0.3, 0.4) is 0 Å². The molecule has 2 aliphatic heterocycles. The molecule has 96 valence electrons. The third kappa shape index (κ3) is 1.37. The van der Waals surface area contributed by atoms with Gasteiger partial charge in [-0.05, 0) is 13.3 Å². The number of hydrogen-bond donors (Lipinski definition) is 2. The fourth-order valence-corrected chi connectivity index (χ4v) is 1.87. The van der Waals surface area contributed by atoms with Crippen LogP contribution in [0.5, 0.6) is 0 Å². The summed E-state index contributed by atoms with van der Waals surface area (Å²) in [5, 5.41) is 20.0. The fourth-order valence-electron chi connectivity index (χ4n) is 1.87. The van der Waals surface area contributed by atoms with Crippen LogP contribution in [-0.4, -0.2) is 39.9 Å². The van der Waals surface area contributed by atoms with Gasteiger partial charge in [-0.15, -0.1) is 0 Å². The van der Waals surface area contributed by atoms with E-state index in [0.29, 0.717) is 6.42 Å². The molecule has 0 radical (unpaired) electrons. The minimum Gasteiger partial charge on any atom is -0.409 e. The Morgan fingerprint density at radius 3 is 2.06 bits per heavy atom. The first-order valence-electron chi connectivity index (χ1n) is 5.05. The molecule has 2 atom stereocenters. The van der Waals surface area contributed by atoms with Gasteiger partial charge in [-0.25, -0.2) is 9.59 Å². The number of carbonyl (C=O) groups is 2. The van der Waals surface area contributed by atoms with Gasteiger partial charge in [0.1, 0.15) is 0 Å². The standard InChI is InChI=1S/C9H12O8/c1-3-4-8(12)7(2,14-5(10)15-8)9(13)16-6(11)17-9/h12-13H,3-4H2,1-2H3. The Labute approximate surface area is 96.0 Å². The lowest BCUT2D eigenvalue weighted by Gasteiger charge is -2.46. The lowest BCUT2D eigenvalue weighted by molar-refractivity contribution is -0.465. The van der Waals surface area contributed by atoms with E-state index in [4.69, 9.17) is 4.74 Å². The molecule has 2 unspecified atom stereocenters. The summed E-state index contributed by atoms with van der Waals surface area (Å²) in [4.78, 5) is 21.7. The zero-order valence-corrected chi connectivity index (χ0v) is 9.26. The van der Waals surface area contributed by atoms with Crippen molar-refractivity contribution in [3.63, 3.8) is 0 Å². The first-order valence-corrected chi connectivity index (χ1v) is 5.05. The highest BCUT2D eigenvalue weighted by Crippen LogP contribution is 2.49. The number of aliphatic hydroxyl groups is 2. The average Bonchev–Trinajstić information content (AvgIpc) is 2.36. The van der Waals surface area contributed by atoms with Gasteiger partial charge in [0, 0.05) is 6.42 Å². The Balaban J connectivity index is 2.33. The first kappa shape index (κ1) is 11.9. The van der Waals surface area contributed by atoms with Gasteiger partial charge in [-0.1, -0.05) is 6.92 Å². The van der Waals surface area contributed by atoms with Crippen LogP contribution in [0.25, 0.3) is 0 Å². The lowest BCUT2D eigenvalue weighted by Crippen LogP contribution is -2.72. The molecular weight excluding hydrogens is 236 g/mol. The molecule has 0 saturated carbocycles. The van der Waals surface area contributed by atoms with Crippen molar-refractivity contribution >= 4 is 12.3 Å². The van der Waals surface area contributed by atoms with Gasteiger partial charge in [0.05, 0.1) is 0 Å². The molecular formula is C9H12O8. The van der Waals surface area contributed by atoms with Crippen LogP contribution >= 0.6 is 0 Å². The molecule has 0 aromatic heterocycles. The van der Waals surface area contributed by atoms with E-state index in [0.717, 1.165) is 6.92 Å². The Morgan fingerprint density at radius 1 is 1.06 bits per heavy atom. The highest BCUT2D eigenvalue weighted by Gasteiger charge is 2.78. The summed E-state index contributed by atoms with van der Waals surface area (Å²) in [6, 6.07) is 0. The van der Waals surface area contributed by atoms with Crippen molar-refractivity contribution in [1.82, 2.24) is 0 Å². The molecule has 0 bridgehead atoms. The van der Waals surface area contributed by atoms with E-state index in [-0.39, 0.29) is 6.42 Å². The molecule has 2 fully saturated rings. The minimum atomic E-state index is -2.54. The van der Waals surface area contributed by atoms with Crippen LogP contribution in [-0.2, 0) is 18.9 Å². The molecule has 17 heavy (non-hydrogen) atoms. The predicted octanol–water partition coefficient (Wildman–Crippen LogP) is 0.213. The van der Waals surface area contributed by atoms with Gasteiger partial charge in [0.25, 0.3) is 11.4 Å². The quantitative estimate of drug-likeness (QED) is 0.682. The second-order valence-electron chi connectivity index (χ2n) is 4.06. The molecule has 0 spiro atoms. The second kappa shape index (κ2) is 3.23. The third-order valence-corrected chi connectivity index (χ3v) is 2.92. The van der Waals surface area contributed by atoms with E-state index >= 15 is 0 Å². The number of cyclic esters (lactones) is 4. The van der Waals surface area contributed by atoms with Crippen molar-refractivity contribution < 1.29 is 38.7 Å². The normalized spacial score (nSPS) is 38.6. The summed E-state index contributed by atoms with van der Waals surface area (Å²) < 4.78 is 18.1. The smallest absolute Gasteiger partial charge is 0.409 e. The summed E-state index contributed by atoms with van der Waals surface area (Å²) in [6.07, 6.45) is -1.88. The molecule has 0 aromatic carbocycles. The minimum absolute atomic E-state index is 0.0154. The van der Waals surface area contributed by atoms with Crippen molar-refractivity contribution in [2.45, 2.75) is 44.1 Å². The Bertz CT molecular complexity index is 371. The predicted molar refractivity (Wildman–Crippen MR) is 48.3 cm³/mol. The van der Waals surface area contributed by atoms with E-state index in [9.17, 15) is 19.8 Å². The van der Waals surface area contributed by atoms with Crippen LogP contribution in [0.15, 0.2) is 0 Å². The highest BCUT2D eigenvalue weighted by molar-refractivity contribution is 5.68. The fraction of sp³-hybridized carbons (Fsp3) is 0.778.